The highest BCUT2D eigenvalue weighted by Crippen LogP contribution is 2.30. The molecule has 0 radical (unpaired) electrons. The van der Waals surface area contributed by atoms with E-state index in [-0.39, 0.29) is 16.8 Å². The van der Waals surface area contributed by atoms with Gasteiger partial charge >= 0.3 is 0 Å². The van der Waals surface area contributed by atoms with Crippen molar-refractivity contribution < 1.29 is 19.4 Å². The van der Waals surface area contributed by atoms with Crippen LogP contribution in [0.3, 0.4) is 0 Å². The normalized spacial score (nSPS) is 16.9. The molecule has 1 aliphatic rings. The molecule has 0 aliphatic carbocycles. The van der Waals surface area contributed by atoms with Crippen molar-refractivity contribution in [2.45, 2.75) is 0 Å². The molecule has 2 aromatic carbocycles. The number of hydrogen-bond acceptors (Lipinski definition) is 5. The molecule has 6 nitrogen and oxygen atoms in total. The maximum absolute atomic E-state index is 12.1. The Hall–Kier alpha value is -3.06. The fraction of sp³-hybridized carbons (Fsp3) is 0.0556. The van der Waals surface area contributed by atoms with E-state index in [9.17, 15) is 14.7 Å². The van der Waals surface area contributed by atoms with Crippen molar-refractivity contribution in [3.05, 3.63) is 64.6 Å². The van der Waals surface area contributed by atoms with Gasteiger partial charge in [0.25, 0.3) is 11.8 Å². The zero-order chi connectivity index (χ0) is 17.8. The van der Waals surface area contributed by atoms with Gasteiger partial charge in [-0.05, 0) is 47.7 Å². The maximum atomic E-state index is 12.1. The number of amides is 2. The molecule has 1 heterocycles. The predicted octanol–water partition coefficient (Wildman–Crippen LogP) is 2.80. The minimum atomic E-state index is -0.420. The minimum absolute atomic E-state index is 0.0175. The molecule has 3 rings (SSSR count). The number of hydrogen-bond donors (Lipinski definition) is 2. The van der Waals surface area contributed by atoms with E-state index in [1.54, 1.807) is 42.5 Å². The van der Waals surface area contributed by atoms with E-state index >= 15 is 0 Å². The first-order valence-corrected chi connectivity index (χ1v) is 8.14. The van der Waals surface area contributed by atoms with Crippen LogP contribution in [0.1, 0.15) is 15.9 Å². The zero-order valence-corrected chi connectivity index (χ0v) is 14.0. The van der Waals surface area contributed by atoms with Gasteiger partial charge < -0.3 is 15.2 Å². The molecule has 2 amide bonds. The summed E-state index contributed by atoms with van der Waals surface area (Å²) in [5.74, 6) is -0.428. The van der Waals surface area contributed by atoms with Crippen LogP contribution < -0.4 is 10.1 Å². The van der Waals surface area contributed by atoms with Crippen LogP contribution in [0.25, 0.3) is 6.08 Å². The van der Waals surface area contributed by atoms with E-state index in [1.807, 2.05) is 6.07 Å². The minimum Gasteiger partial charge on any atom is -0.504 e. The van der Waals surface area contributed by atoms with Gasteiger partial charge in [0.2, 0.25) is 0 Å². The summed E-state index contributed by atoms with van der Waals surface area (Å²) in [6.45, 7) is 0. The second-order valence-corrected chi connectivity index (χ2v) is 6.11. The van der Waals surface area contributed by atoms with Crippen LogP contribution in [-0.4, -0.2) is 29.2 Å². The number of aromatic hydroxyl groups is 1. The Morgan fingerprint density at radius 2 is 2.00 bits per heavy atom. The van der Waals surface area contributed by atoms with Crippen molar-refractivity contribution in [2.75, 3.05) is 7.11 Å². The Bertz CT molecular complexity index is 891. The number of nitrogens with one attached hydrogen (secondary N) is 1. The number of rotatable bonds is 3. The number of ether oxygens (including phenoxy) is 1. The van der Waals surface area contributed by atoms with Crippen LogP contribution in [0.5, 0.6) is 11.5 Å². The predicted molar refractivity (Wildman–Crippen MR) is 96.6 cm³/mol. The van der Waals surface area contributed by atoms with Gasteiger partial charge in [-0.2, -0.15) is 4.99 Å². The summed E-state index contributed by atoms with van der Waals surface area (Å²) in [7, 11) is 1.45. The number of methoxy groups -OCH3 is 1. The first kappa shape index (κ1) is 16.8. The van der Waals surface area contributed by atoms with Gasteiger partial charge in [-0.15, -0.1) is 0 Å². The number of nitrogens with zero attached hydrogens (tertiary/aromatic N) is 1. The fourth-order valence-corrected chi connectivity index (χ4v) is 2.97. The molecule has 0 spiro atoms. The molecule has 7 heteroatoms. The van der Waals surface area contributed by atoms with Crippen LogP contribution in [0.2, 0.25) is 0 Å². The fourth-order valence-electron chi connectivity index (χ4n) is 2.15. The lowest BCUT2D eigenvalue weighted by molar-refractivity contribution is -0.115. The highest BCUT2D eigenvalue weighted by Gasteiger charge is 2.24. The lowest BCUT2D eigenvalue weighted by Gasteiger charge is -2.03. The number of amidine groups is 1. The lowest BCUT2D eigenvalue weighted by atomic mass is 10.2. The average molecular weight is 354 g/mol. The molecular formula is C18H14N2O4S. The third-order valence-corrected chi connectivity index (χ3v) is 4.29. The lowest BCUT2D eigenvalue weighted by Crippen LogP contribution is -2.20. The molecular weight excluding hydrogens is 340 g/mol. The Morgan fingerprint density at radius 3 is 2.72 bits per heavy atom. The van der Waals surface area contributed by atoms with Gasteiger partial charge in [0.05, 0.1) is 12.0 Å². The van der Waals surface area contributed by atoms with Crippen LogP contribution in [0.4, 0.5) is 0 Å². The van der Waals surface area contributed by atoms with E-state index in [4.69, 9.17) is 4.74 Å². The molecule has 2 aromatic rings. The standard InChI is InChI=1S/C18H14N2O4S/c1-24-14-9-11(7-8-13(14)21)10-15-17(23)20-18(25-15)19-16(22)12-5-3-2-4-6-12/h2-10,21H,1H3,(H,19,20,22,23)/b15-10-. The van der Waals surface area contributed by atoms with Gasteiger partial charge in [-0.25, -0.2) is 0 Å². The van der Waals surface area contributed by atoms with Crippen LogP contribution in [0, 0.1) is 0 Å². The Labute approximate surface area is 148 Å². The van der Waals surface area contributed by atoms with Crippen molar-refractivity contribution in [3.63, 3.8) is 0 Å². The molecule has 0 unspecified atom stereocenters. The van der Waals surface area contributed by atoms with E-state index in [0.717, 1.165) is 11.8 Å². The van der Waals surface area contributed by atoms with Crippen molar-refractivity contribution in [1.82, 2.24) is 5.32 Å². The number of benzene rings is 2. The monoisotopic (exact) mass is 354 g/mol. The van der Waals surface area contributed by atoms with Gasteiger partial charge in [0.15, 0.2) is 16.7 Å². The molecule has 0 atom stereocenters. The quantitative estimate of drug-likeness (QED) is 0.828. The third-order valence-electron chi connectivity index (χ3n) is 3.38. The highest BCUT2D eigenvalue weighted by molar-refractivity contribution is 8.18. The van der Waals surface area contributed by atoms with Crippen molar-refractivity contribution in [1.29, 1.82) is 0 Å². The largest absolute Gasteiger partial charge is 0.504 e. The van der Waals surface area contributed by atoms with E-state index in [1.165, 1.54) is 13.2 Å². The summed E-state index contributed by atoms with van der Waals surface area (Å²) in [4.78, 5) is 28.5. The SMILES string of the molecule is COc1cc(/C=C2\SC(=NC(=O)c3ccccc3)NC2=O)ccc1O. The summed E-state index contributed by atoms with van der Waals surface area (Å²) in [6.07, 6.45) is 1.64. The molecule has 0 saturated carbocycles. The Kier molecular flexibility index (Phi) is 4.85. The van der Waals surface area contributed by atoms with E-state index in [0.29, 0.717) is 21.8 Å². The molecule has 0 aromatic heterocycles. The first-order chi connectivity index (χ1) is 12.1. The topological polar surface area (TPSA) is 88.0 Å². The van der Waals surface area contributed by atoms with Gasteiger partial charge in [0, 0.05) is 5.56 Å². The van der Waals surface area contributed by atoms with Crippen LogP contribution >= 0.6 is 11.8 Å². The number of aliphatic imine (C=N–C) groups is 1. The molecule has 0 bridgehead atoms. The molecule has 126 valence electrons. The second kappa shape index (κ2) is 7.23. The van der Waals surface area contributed by atoms with Gasteiger partial charge in [-0.1, -0.05) is 24.3 Å². The summed E-state index contributed by atoms with van der Waals surface area (Å²) in [6, 6.07) is 13.4. The number of thioether (sulfide) groups is 1. The van der Waals surface area contributed by atoms with E-state index in [2.05, 4.69) is 10.3 Å². The van der Waals surface area contributed by atoms with Gasteiger partial charge in [-0.3, -0.25) is 9.59 Å². The van der Waals surface area contributed by atoms with Crippen LogP contribution in [-0.2, 0) is 4.79 Å². The molecule has 25 heavy (non-hydrogen) atoms. The summed E-state index contributed by atoms with van der Waals surface area (Å²) >= 11 is 1.08. The molecule has 1 saturated heterocycles. The van der Waals surface area contributed by atoms with Crippen molar-refractivity contribution >= 4 is 34.8 Å². The van der Waals surface area contributed by atoms with Crippen LogP contribution in [0.15, 0.2) is 58.4 Å². The molecule has 1 fully saturated rings. The van der Waals surface area contributed by atoms with Gasteiger partial charge in [0.1, 0.15) is 0 Å². The first-order valence-electron chi connectivity index (χ1n) is 7.33. The summed E-state index contributed by atoms with van der Waals surface area (Å²) in [5, 5.41) is 12.4. The number of carbonyl (C=O) groups is 2. The summed E-state index contributed by atoms with van der Waals surface area (Å²) in [5.41, 5.74) is 1.13. The smallest absolute Gasteiger partial charge is 0.279 e. The Balaban J connectivity index is 1.80. The Morgan fingerprint density at radius 1 is 1.24 bits per heavy atom. The molecule has 1 aliphatic heterocycles. The highest BCUT2D eigenvalue weighted by atomic mass is 32.2. The summed E-state index contributed by atoms with van der Waals surface area (Å²) < 4.78 is 5.04. The zero-order valence-electron chi connectivity index (χ0n) is 13.2. The second-order valence-electron chi connectivity index (χ2n) is 5.08. The number of phenolic OH excluding ortho intramolecular Hbond substituents is 1. The van der Waals surface area contributed by atoms with E-state index < -0.39 is 5.91 Å². The van der Waals surface area contributed by atoms with Crippen molar-refractivity contribution in [2.24, 2.45) is 4.99 Å². The number of phenols is 1. The average Bonchev–Trinajstić information content (AvgIpc) is 2.96. The molecule has 2 N–H and O–H groups in total. The van der Waals surface area contributed by atoms with Crippen molar-refractivity contribution in [3.8, 4) is 11.5 Å². The maximum Gasteiger partial charge on any atom is 0.279 e. The number of carbonyl (C=O) groups excluding carboxylic acids is 2. The third kappa shape index (κ3) is 3.89.